The van der Waals surface area contributed by atoms with Crippen LogP contribution in [-0.4, -0.2) is 47.7 Å². The Morgan fingerprint density at radius 3 is 2.81 bits per heavy atom. The molecule has 0 spiro atoms. The number of hydrogen-bond donors (Lipinski definition) is 1. The molecule has 1 aliphatic rings. The van der Waals surface area contributed by atoms with Gasteiger partial charge in [-0.3, -0.25) is 9.69 Å². The van der Waals surface area contributed by atoms with Crippen molar-refractivity contribution >= 4 is 21.8 Å². The van der Waals surface area contributed by atoms with Crippen LogP contribution in [0.1, 0.15) is 16.9 Å². The molecule has 1 N–H and O–H groups in total. The Hall–Kier alpha value is -1.02. The second-order valence-electron chi connectivity index (χ2n) is 5.37. The van der Waals surface area contributed by atoms with Crippen molar-refractivity contribution in [2.45, 2.75) is 12.6 Å². The van der Waals surface area contributed by atoms with Gasteiger partial charge in [-0.15, -0.1) is 0 Å². The number of aromatic nitrogens is 1. The van der Waals surface area contributed by atoms with Gasteiger partial charge in [0.25, 0.3) is 5.91 Å². The third-order valence-corrected chi connectivity index (χ3v) is 3.96. The lowest BCUT2D eigenvalue weighted by Crippen LogP contribution is -2.35. The topological polar surface area (TPSA) is 37.3 Å². The largest absolute Gasteiger partial charge is 0.401 e. The van der Waals surface area contributed by atoms with Gasteiger partial charge >= 0.3 is 6.18 Å². The molecule has 118 valence electrons. The second kappa shape index (κ2) is 6.39. The van der Waals surface area contributed by atoms with Crippen LogP contribution >= 0.6 is 15.9 Å². The summed E-state index contributed by atoms with van der Waals surface area (Å²) in [6, 6.07) is 1.71. The lowest BCUT2D eigenvalue weighted by Gasteiger charge is -2.18. The van der Waals surface area contributed by atoms with Gasteiger partial charge in [0, 0.05) is 30.8 Å². The second-order valence-corrected chi connectivity index (χ2v) is 6.29. The van der Waals surface area contributed by atoms with Crippen molar-refractivity contribution in [1.82, 2.24) is 14.8 Å². The average Bonchev–Trinajstić information content (AvgIpc) is 2.91. The summed E-state index contributed by atoms with van der Waals surface area (Å²) >= 11 is 3.29. The summed E-state index contributed by atoms with van der Waals surface area (Å²) in [5.74, 6) is -0.141. The number of aryl methyl sites for hydroxylation is 1. The highest BCUT2D eigenvalue weighted by atomic mass is 79.9. The summed E-state index contributed by atoms with van der Waals surface area (Å²) in [5.41, 5.74) is 0.520. The van der Waals surface area contributed by atoms with Gasteiger partial charge in [-0.05, 0) is 40.9 Å². The smallest absolute Gasteiger partial charge is 0.350 e. The van der Waals surface area contributed by atoms with E-state index in [1.165, 1.54) is 4.90 Å². The zero-order valence-corrected chi connectivity index (χ0v) is 13.2. The van der Waals surface area contributed by atoms with Gasteiger partial charge in [-0.25, -0.2) is 0 Å². The quantitative estimate of drug-likeness (QED) is 0.887. The van der Waals surface area contributed by atoms with Crippen molar-refractivity contribution in [3.63, 3.8) is 0 Å². The van der Waals surface area contributed by atoms with Crippen LogP contribution in [0.25, 0.3) is 0 Å². The van der Waals surface area contributed by atoms with Gasteiger partial charge < -0.3 is 9.88 Å². The minimum Gasteiger partial charge on any atom is -0.350 e. The summed E-state index contributed by atoms with van der Waals surface area (Å²) in [5, 5.41) is 2.79. The first-order chi connectivity index (χ1) is 9.74. The Morgan fingerprint density at radius 2 is 2.24 bits per heavy atom. The standard InChI is InChI=1S/C13H17BrF3N3O/c1-19-7-10(14)4-11(19)12(21)18-5-9-2-3-20(6-9)8-13(15,16)17/h4,7,9H,2-3,5-6,8H2,1H3,(H,18,21). The van der Waals surface area contributed by atoms with Gasteiger partial charge in [0.05, 0.1) is 6.54 Å². The minimum absolute atomic E-state index is 0.0695. The van der Waals surface area contributed by atoms with Gasteiger partial charge in [0.2, 0.25) is 0 Å². The van der Waals surface area contributed by atoms with E-state index in [2.05, 4.69) is 21.2 Å². The number of carbonyl (C=O) groups is 1. The maximum atomic E-state index is 12.3. The molecule has 1 aromatic heterocycles. The van der Waals surface area contributed by atoms with E-state index in [0.717, 1.165) is 4.47 Å². The number of amides is 1. The van der Waals surface area contributed by atoms with E-state index < -0.39 is 12.7 Å². The molecule has 1 aromatic rings. The molecule has 1 amide bonds. The number of alkyl halides is 3. The summed E-state index contributed by atoms with van der Waals surface area (Å²) in [6.07, 6.45) is -1.71. The van der Waals surface area contributed by atoms with E-state index in [1.807, 2.05) is 0 Å². The number of hydrogen-bond acceptors (Lipinski definition) is 2. The van der Waals surface area contributed by atoms with Gasteiger partial charge in [0.15, 0.2) is 0 Å². The Bertz CT molecular complexity index is 515. The molecule has 1 unspecified atom stereocenters. The molecule has 1 atom stereocenters. The van der Waals surface area contributed by atoms with Gasteiger partial charge in [-0.2, -0.15) is 13.2 Å². The maximum Gasteiger partial charge on any atom is 0.401 e. The third kappa shape index (κ3) is 4.74. The van der Waals surface area contributed by atoms with Crippen LogP contribution in [0.3, 0.4) is 0 Å². The molecular formula is C13H17BrF3N3O. The molecule has 1 saturated heterocycles. The third-order valence-electron chi connectivity index (χ3n) is 3.53. The number of likely N-dealkylation sites (tertiary alicyclic amines) is 1. The zero-order chi connectivity index (χ0) is 15.6. The van der Waals surface area contributed by atoms with E-state index in [9.17, 15) is 18.0 Å². The number of rotatable bonds is 4. The van der Waals surface area contributed by atoms with Crippen LogP contribution in [0.4, 0.5) is 13.2 Å². The highest BCUT2D eigenvalue weighted by Crippen LogP contribution is 2.22. The first-order valence-corrected chi connectivity index (χ1v) is 7.43. The van der Waals surface area contributed by atoms with Crippen molar-refractivity contribution in [2.75, 3.05) is 26.2 Å². The van der Waals surface area contributed by atoms with E-state index in [-0.39, 0.29) is 11.8 Å². The molecule has 8 heteroatoms. The number of nitrogens with one attached hydrogen (secondary N) is 1. The summed E-state index contributed by atoms with van der Waals surface area (Å²) < 4.78 is 39.4. The van der Waals surface area contributed by atoms with E-state index >= 15 is 0 Å². The molecule has 1 aliphatic heterocycles. The molecule has 0 radical (unpaired) electrons. The number of carbonyl (C=O) groups excluding carboxylic acids is 1. The van der Waals surface area contributed by atoms with Crippen molar-refractivity contribution < 1.29 is 18.0 Å². The molecule has 2 rings (SSSR count). The van der Waals surface area contributed by atoms with Crippen LogP contribution < -0.4 is 5.32 Å². The first kappa shape index (κ1) is 16.4. The van der Waals surface area contributed by atoms with Crippen LogP contribution in [0.2, 0.25) is 0 Å². The SMILES string of the molecule is Cn1cc(Br)cc1C(=O)NCC1CCN(CC(F)(F)F)C1. The van der Waals surface area contributed by atoms with Gasteiger partial charge in [-0.1, -0.05) is 0 Å². The molecule has 0 bridgehead atoms. The number of halogens is 4. The molecular weight excluding hydrogens is 351 g/mol. The zero-order valence-electron chi connectivity index (χ0n) is 11.6. The maximum absolute atomic E-state index is 12.3. The predicted molar refractivity (Wildman–Crippen MR) is 76.0 cm³/mol. The van der Waals surface area contributed by atoms with Gasteiger partial charge in [0.1, 0.15) is 5.69 Å². The fraction of sp³-hybridized carbons (Fsp3) is 0.615. The lowest BCUT2D eigenvalue weighted by molar-refractivity contribution is -0.143. The van der Waals surface area contributed by atoms with Crippen molar-refractivity contribution in [3.05, 3.63) is 22.4 Å². The fourth-order valence-electron chi connectivity index (χ4n) is 2.55. The predicted octanol–water partition coefficient (Wildman–Crippen LogP) is 2.40. The highest BCUT2D eigenvalue weighted by Gasteiger charge is 2.34. The van der Waals surface area contributed by atoms with Crippen molar-refractivity contribution in [1.29, 1.82) is 0 Å². The van der Waals surface area contributed by atoms with E-state index in [1.54, 1.807) is 23.9 Å². The monoisotopic (exact) mass is 367 g/mol. The molecule has 0 saturated carbocycles. The van der Waals surface area contributed by atoms with Crippen LogP contribution in [0.15, 0.2) is 16.7 Å². The highest BCUT2D eigenvalue weighted by molar-refractivity contribution is 9.10. The molecule has 4 nitrogen and oxygen atoms in total. The van der Waals surface area contributed by atoms with Crippen molar-refractivity contribution in [2.24, 2.45) is 13.0 Å². The van der Waals surface area contributed by atoms with E-state index in [0.29, 0.717) is 31.7 Å². The van der Waals surface area contributed by atoms with Crippen LogP contribution in [0.5, 0.6) is 0 Å². The minimum atomic E-state index is -4.16. The lowest BCUT2D eigenvalue weighted by atomic mass is 10.1. The van der Waals surface area contributed by atoms with Crippen molar-refractivity contribution in [3.8, 4) is 0 Å². The Labute approximate surface area is 129 Å². The van der Waals surface area contributed by atoms with E-state index in [4.69, 9.17) is 0 Å². The summed E-state index contributed by atoms with van der Waals surface area (Å²) in [6.45, 7) is 0.324. The Kier molecular flexibility index (Phi) is 4.98. The average molecular weight is 368 g/mol. The molecule has 21 heavy (non-hydrogen) atoms. The summed E-state index contributed by atoms with van der Waals surface area (Å²) in [7, 11) is 1.76. The Balaban J connectivity index is 1.79. The molecule has 0 aliphatic carbocycles. The molecule has 0 aromatic carbocycles. The first-order valence-electron chi connectivity index (χ1n) is 6.64. The number of nitrogens with zero attached hydrogens (tertiary/aromatic N) is 2. The Morgan fingerprint density at radius 1 is 1.52 bits per heavy atom. The normalized spacial score (nSPS) is 20.0. The van der Waals surface area contributed by atoms with Crippen LogP contribution in [-0.2, 0) is 7.05 Å². The fourth-order valence-corrected chi connectivity index (χ4v) is 3.08. The summed E-state index contributed by atoms with van der Waals surface area (Å²) in [4.78, 5) is 13.4. The molecule has 2 heterocycles. The van der Waals surface area contributed by atoms with Crippen LogP contribution in [0, 0.1) is 5.92 Å². The molecule has 1 fully saturated rings.